The normalized spacial score (nSPS) is 15.8. The summed E-state index contributed by atoms with van der Waals surface area (Å²) in [4.78, 5) is 15.2. The Morgan fingerprint density at radius 3 is 2.07 bits per heavy atom. The lowest BCUT2D eigenvalue weighted by Gasteiger charge is -2.14. The van der Waals surface area contributed by atoms with Crippen molar-refractivity contribution in [2.75, 3.05) is 4.90 Å². The Labute approximate surface area is 173 Å². The summed E-state index contributed by atoms with van der Waals surface area (Å²) in [5.74, 6) is -0.152. The number of nitrogens with zero attached hydrogens (tertiary/aromatic N) is 1. The number of hydrogen-bond acceptors (Lipinski definition) is 3. The second kappa shape index (κ2) is 6.90. The van der Waals surface area contributed by atoms with E-state index < -0.39 is 0 Å². The van der Waals surface area contributed by atoms with Crippen molar-refractivity contribution in [3.05, 3.63) is 94.9 Å². The van der Waals surface area contributed by atoms with E-state index in [0.29, 0.717) is 4.91 Å². The van der Waals surface area contributed by atoms with Crippen molar-refractivity contribution in [3.8, 4) is 0 Å². The molecule has 1 fully saturated rings. The van der Waals surface area contributed by atoms with Crippen molar-refractivity contribution in [1.82, 2.24) is 0 Å². The van der Waals surface area contributed by atoms with Gasteiger partial charge in [0.1, 0.15) is 0 Å². The van der Waals surface area contributed by atoms with Crippen molar-refractivity contribution in [2.45, 2.75) is 6.92 Å². The first-order valence-electron chi connectivity index (χ1n) is 9.41. The Balaban J connectivity index is 1.67. The van der Waals surface area contributed by atoms with Crippen LogP contribution in [0.15, 0.2) is 83.8 Å². The number of thioether (sulfide) groups is 1. The molecule has 1 aliphatic heterocycles. The van der Waals surface area contributed by atoms with E-state index in [9.17, 15) is 4.79 Å². The van der Waals surface area contributed by atoms with Crippen molar-refractivity contribution in [1.29, 1.82) is 5.41 Å². The molecule has 4 aromatic rings. The number of benzene rings is 4. The van der Waals surface area contributed by atoms with E-state index in [1.165, 1.54) is 16.7 Å². The summed E-state index contributed by atoms with van der Waals surface area (Å²) in [6.07, 6.45) is 1.94. The van der Waals surface area contributed by atoms with Gasteiger partial charge in [0.05, 0.1) is 10.6 Å². The first kappa shape index (κ1) is 17.7. The molecule has 0 radical (unpaired) electrons. The highest BCUT2D eigenvalue weighted by atomic mass is 32.2. The molecule has 4 heteroatoms. The predicted molar refractivity (Wildman–Crippen MR) is 123 cm³/mol. The van der Waals surface area contributed by atoms with E-state index in [4.69, 9.17) is 5.41 Å². The third-order valence-corrected chi connectivity index (χ3v) is 6.09. The molecule has 1 heterocycles. The fourth-order valence-electron chi connectivity index (χ4n) is 3.75. The molecule has 29 heavy (non-hydrogen) atoms. The van der Waals surface area contributed by atoms with E-state index in [0.717, 1.165) is 38.4 Å². The minimum atomic E-state index is -0.152. The third-order valence-electron chi connectivity index (χ3n) is 5.20. The van der Waals surface area contributed by atoms with Gasteiger partial charge in [0.25, 0.3) is 5.91 Å². The van der Waals surface area contributed by atoms with Gasteiger partial charge in [-0.15, -0.1) is 0 Å². The van der Waals surface area contributed by atoms with Gasteiger partial charge < -0.3 is 0 Å². The molecule has 0 bridgehead atoms. The highest BCUT2D eigenvalue weighted by Gasteiger charge is 2.33. The van der Waals surface area contributed by atoms with E-state index >= 15 is 0 Å². The van der Waals surface area contributed by atoms with Gasteiger partial charge in [0, 0.05) is 0 Å². The molecule has 1 saturated heterocycles. The van der Waals surface area contributed by atoms with Gasteiger partial charge in [-0.25, -0.2) is 0 Å². The van der Waals surface area contributed by atoms with Gasteiger partial charge in [0.15, 0.2) is 5.17 Å². The number of rotatable bonds is 2. The Morgan fingerprint density at radius 2 is 1.45 bits per heavy atom. The van der Waals surface area contributed by atoms with Gasteiger partial charge in [-0.3, -0.25) is 15.1 Å². The molecule has 0 aliphatic carbocycles. The second-order valence-corrected chi connectivity index (χ2v) is 8.16. The Hall–Kier alpha value is -3.37. The van der Waals surface area contributed by atoms with Crippen molar-refractivity contribution >= 4 is 56.1 Å². The largest absolute Gasteiger partial charge is 0.278 e. The number of carbonyl (C=O) groups is 1. The fourth-order valence-corrected chi connectivity index (χ4v) is 4.59. The van der Waals surface area contributed by atoms with Crippen LogP contribution >= 0.6 is 11.8 Å². The molecule has 3 nitrogen and oxygen atoms in total. The quantitative estimate of drug-likeness (QED) is 0.318. The lowest BCUT2D eigenvalue weighted by molar-refractivity contribution is -0.113. The van der Waals surface area contributed by atoms with Crippen LogP contribution in [0.1, 0.15) is 11.1 Å². The average molecular weight is 394 g/mol. The predicted octanol–water partition coefficient (Wildman–Crippen LogP) is 6.36. The molecule has 5 rings (SSSR count). The van der Waals surface area contributed by atoms with E-state index in [1.807, 2.05) is 61.5 Å². The number of anilines is 1. The minimum Gasteiger partial charge on any atom is -0.278 e. The molecule has 1 aliphatic rings. The lowest BCUT2D eigenvalue weighted by atomic mass is 9.96. The molecule has 0 saturated carbocycles. The van der Waals surface area contributed by atoms with Crippen LogP contribution in [0.4, 0.5) is 5.69 Å². The van der Waals surface area contributed by atoms with Gasteiger partial charge in [-0.2, -0.15) is 0 Å². The number of fused-ring (bicyclic) bond motifs is 2. The molecule has 4 aromatic carbocycles. The number of nitrogens with one attached hydrogen (secondary N) is 1. The average Bonchev–Trinajstić information content (AvgIpc) is 3.01. The molecule has 1 amide bonds. The van der Waals surface area contributed by atoms with Crippen LogP contribution in [0.2, 0.25) is 0 Å². The number of aryl methyl sites for hydroxylation is 1. The van der Waals surface area contributed by atoms with Crippen molar-refractivity contribution in [3.63, 3.8) is 0 Å². The Morgan fingerprint density at radius 1 is 0.862 bits per heavy atom. The molecule has 0 spiro atoms. The van der Waals surface area contributed by atoms with Crippen LogP contribution in [-0.2, 0) is 4.79 Å². The van der Waals surface area contributed by atoms with E-state index in [-0.39, 0.29) is 11.1 Å². The van der Waals surface area contributed by atoms with Gasteiger partial charge in [-0.05, 0) is 70.1 Å². The molecular weight excluding hydrogens is 376 g/mol. The number of amidine groups is 1. The first-order valence-corrected chi connectivity index (χ1v) is 10.2. The second-order valence-electron chi connectivity index (χ2n) is 7.12. The zero-order valence-corrected chi connectivity index (χ0v) is 16.7. The number of amides is 1. The maximum atomic E-state index is 13.2. The summed E-state index contributed by atoms with van der Waals surface area (Å²) in [6.45, 7) is 2.01. The first-order chi connectivity index (χ1) is 14.1. The molecule has 140 valence electrons. The topological polar surface area (TPSA) is 44.2 Å². The van der Waals surface area contributed by atoms with Crippen LogP contribution < -0.4 is 4.90 Å². The molecule has 0 atom stereocenters. The zero-order chi connectivity index (χ0) is 20.0. The summed E-state index contributed by atoms with van der Waals surface area (Å²) in [7, 11) is 0. The van der Waals surface area contributed by atoms with Crippen LogP contribution in [0.25, 0.3) is 27.6 Å². The fraction of sp³-hybridized carbons (Fsp3) is 0.0400. The maximum Gasteiger partial charge on any atom is 0.271 e. The lowest BCUT2D eigenvalue weighted by Crippen LogP contribution is -2.28. The Bertz CT molecular complexity index is 1270. The molecule has 1 N–H and O–H groups in total. The number of hydrogen-bond donors (Lipinski definition) is 1. The van der Waals surface area contributed by atoms with Crippen molar-refractivity contribution in [2.24, 2.45) is 0 Å². The zero-order valence-electron chi connectivity index (χ0n) is 15.8. The summed E-state index contributed by atoms with van der Waals surface area (Å²) < 4.78 is 0. The highest BCUT2D eigenvalue weighted by molar-refractivity contribution is 8.19. The van der Waals surface area contributed by atoms with Crippen molar-refractivity contribution < 1.29 is 4.79 Å². The summed E-state index contributed by atoms with van der Waals surface area (Å²) >= 11 is 1.21. The minimum absolute atomic E-state index is 0.152. The molecular formula is C25H18N2OS. The third kappa shape index (κ3) is 3.02. The SMILES string of the molecule is Cc1ccc(N2C(=N)S/C(=C\c3c4ccccc4cc4ccccc34)C2=O)cc1. The summed E-state index contributed by atoms with van der Waals surface area (Å²) in [5, 5.41) is 13.1. The summed E-state index contributed by atoms with van der Waals surface area (Å²) in [6, 6.07) is 26.3. The summed E-state index contributed by atoms with van der Waals surface area (Å²) in [5.41, 5.74) is 2.87. The van der Waals surface area contributed by atoms with Crippen LogP contribution in [-0.4, -0.2) is 11.1 Å². The molecule has 0 aromatic heterocycles. The van der Waals surface area contributed by atoms with Crippen LogP contribution in [0.5, 0.6) is 0 Å². The van der Waals surface area contributed by atoms with Gasteiger partial charge in [-0.1, -0.05) is 66.2 Å². The van der Waals surface area contributed by atoms with Crippen LogP contribution in [0, 0.1) is 12.3 Å². The van der Waals surface area contributed by atoms with Crippen LogP contribution in [0.3, 0.4) is 0 Å². The maximum absolute atomic E-state index is 13.2. The van der Waals surface area contributed by atoms with Gasteiger partial charge in [0.2, 0.25) is 0 Å². The van der Waals surface area contributed by atoms with Gasteiger partial charge >= 0.3 is 0 Å². The van der Waals surface area contributed by atoms with E-state index in [2.05, 4.69) is 30.3 Å². The standard InChI is InChI=1S/C25H18N2OS/c1-16-10-12-19(13-11-16)27-24(28)23(29-25(27)26)15-22-20-8-4-2-6-17(20)14-18-7-3-5-9-21(18)22/h2-15,26H,1H3/b23-15-,26-25?. The van der Waals surface area contributed by atoms with E-state index in [1.54, 1.807) is 0 Å². The smallest absolute Gasteiger partial charge is 0.271 e. The monoisotopic (exact) mass is 394 g/mol. The molecule has 0 unspecified atom stereocenters. The highest BCUT2D eigenvalue weighted by Crippen LogP contribution is 2.38. The Kier molecular flexibility index (Phi) is 4.22. The number of carbonyl (C=O) groups excluding carboxylic acids is 1.